The highest BCUT2D eigenvalue weighted by Gasteiger charge is 2.27. The SMILES string of the molecule is CC(C)Cc1nc(N2CCN(C(=O)c3ccc(Br)cc3)CC2)c2c3c(sc2n1)CCCCC3. The number of amides is 1. The van der Waals surface area contributed by atoms with Gasteiger partial charge in [0.2, 0.25) is 0 Å². The average molecular weight is 528 g/mol. The van der Waals surface area contributed by atoms with Crippen LogP contribution in [0, 0.1) is 5.92 Å². The third kappa shape index (κ3) is 4.80. The summed E-state index contributed by atoms with van der Waals surface area (Å²) in [5.74, 6) is 2.69. The highest BCUT2D eigenvalue weighted by Crippen LogP contribution is 2.39. The molecule has 33 heavy (non-hydrogen) atoms. The lowest BCUT2D eigenvalue weighted by Gasteiger charge is -2.36. The minimum absolute atomic E-state index is 0.111. The molecule has 1 aromatic carbocycles. The summed E-state index contributed by atoms with van der Waals surface area (Å²) in [4.78, 5) is 30.2. The molecule has 1 amide bonds. The van der Waals surface area contributed by atoms with Gasteiger partial charge in [0.05, 0.1) is 5.39 Å². The monoisotopic (exact) mass is 526 g/mol. The van der Waals surface area contributed by atoms with Crippen molar-refractivity contribution < 1.29 is 4.79 Å². The van der Waals surface area contributed by atoms with Crippen molar-refractivity contribution in [1.29, 1.82) is 0 Å². The highest BCUT2D eigenvalue weighted by molar-refractivity contribution is 9.10. The van der Waals surface area contributed by atoms with E-state index in [0.717, 1.165) is 52.4 Å². The zero-order valence-corrected chi connectivity index (χ0v) is 21.8. The van der Waals surface area contributed by atoms with Crippen molar-refractivity contribution in [3.05, 3.63) is 50.6 Å². The molecular formula is C26H31BrN4OS. The second-order valence-corrected chi connectivity index (χ2v) is 11.6. The van der Waals surface area contributed by atoms with Crippen LogP contribution in [-0.4, -0.2) is 47.0 Å². The van der Waals surface area contributed by atoms with Gasteiger partial charge >= 0.3 is 0 Å². The molecule has 3 heterocycles. The summed E-state index contributed by atoms with van der Waals surface area (Å²) in [6.07, 6.45) is 7.04. The van der Waals surface area contributed by atoms with Gasteiger partial charge in [-0.25, -0.2) is 9.97 Å². The van der Waals surface area contributed by atoms with Gasteiger partial charge in [-0.1, -0.05) is 36.2 Å². The van der Waals surface area contributed by atoms with Gasteiger partial charge in [-0.15, -0.1) is 11.3 Å². The molecule has 0 radical (unpaired) electrons. The Hall–Kier alpha value is -1.99. The number of carbonyl (C=O) groups excluding carboxylic acids is 1. The van der Waals surface area contributed by atoms with Gasteiger partial charge in [0, 0.05) is 47.5 Å². The normalized spacial score (nSPS) is 16.8. The molecular weight excluding hydrogens is 496 g/mol. The van der Waals surface area contributed by atoms with Crippen molar-refractivity contribution in [3.63, 3.8) is 0 Å². The number of carbonyl (C=O) groups is 1. The lowest BCUT2D eigenvalue weighted by atomic mass is 10.1. The van der Waals surface area contributed by atoms with Crippen LogP contribution in [0.1, 0.15) is 59.7 Å². The quantitative estimate of drug-likeness (QED) is 0.398. The van der Waals surface area contributed by atoms with Crippen LogP contribution in [0.25, 0.3) is 10.2 Å². The van der Waals surface area contributed by atoms with Crippen molar-refractivity contribution in [1.82, 2.24) is 14.9 Å². The molecule has 0 N–H and O–H groups in total. The van der Waals surface area contributed by atoms with Gasteiger partial charge in [-0.3, -0.25) is 4.79 Å². The Morgan fingerprint density at radius 2 is 1.76 bits per heavy atom. The fraction of sp³-hybridized carbons (Fsp3) is 0.500. The van der Waals surface area contributed by atoms with Gasteiger partial charge in [-0.05, 0) is 61.4 Å². The number of hydrogen-bond acceptors (Lipinski definition) is 5. The number of anilines is 1. The lowest BCUT2D eigenvalue weighted by molar-refractivity contribution is 0.0746. The van der Waals surface area contributed by atoms with E-state index in [9.17, 15) is 4.79 Å². The van der Waals surface area contributed by atoms with Crippen LogP contribution in [0.4, 0.5) is 5.82 Å². The number of fused-ring (bicyclic) bond motifs is 3. The first-order valence-electron chi connectivity index (χ1n) is 12.1. The molecule has 1 fully saturated rings. The van der Waals surface area contributed by atoms with Crippen molar-refractivity contribution in [2.24, 2.45) is 5.92 Å². The van der Waals surface area contributed by atoms with E-state index < -0.39 is 0 Å². The second kappa shape index (κ2) is 9.71. The maximum Gasteiger partial charge on any atom is 0.253 e. The summed E-state index contributed by atoms with van der Waals surface area (Å²) >= 11 is 5.34. The number of aryl methyl sites for hydroxylation is 2. The summed E-state index contributed by atoms with van der Waals surface area (Å²) < 4.78 is 0.990. The molecule has 2 aliphatic rings. The molecule has 1 aliphatic heterocycles. The van der Waals surface area contributed by atoms with Gasteiger partial charge in [-0.2, -0.15) is 0 Å². The topological polar surface area (TPSA) is 49.3 Å². The minimum Gasteiger partial charge on any atom is -0.352 e. The number of piperazine rings is 1. The summed E-state index contributed by atoms with van der Waals surface area (Å²) in [5.41, 5.74) is 2.24. The van der Waals surface area contributed by atoms with Crippen molar-refractivity contribution in [3.8, 4) is 0 Å². The largest absolute Gasteiger partial charge is 0.352 e. The van der Waals surface area contributed by atoms with Crippen LogP contribution >= 0.6 is 27.3 Å². The molecule has 5 nitrogen and oxygen atoms in total. The first kappa shape index (κ1) is 22.8. The Labute approximate surface area is 208 Å². The van der Waals surface area contributed by atoms with Crippen LogP contribution in [0.2, 0.25) is 0 Å². The van der Waals surface area contributed by atoms with E-state index in [1.807, 2.05) is 40.5 Å². The Morgan fingerprint density at radius 1 is 1.03 bits per heavy atom. The van der Waals surface area contributed by atoms with Crippen LogP contribution in [0.5, 0.6) is 0 Å². The van der Waals surface area contributed by atoms with Crippen LogP contribution < -0.4 is 4.90 Å². The number of hydrogen-bond donors (Lipinski definition) is 0. The molecule has 0 saturated carbocycles. The number of nitrogens with zero attached hydrogens (tertiary/aromatic N) is 4. The second-order valence-electron chi connectivity index (χ2n) is 9.59. The van der Waals surface area contributed by atoms with E-state index in [1.165, 1.54) is 41.5 Å². The molecule has 5 rings (SSSR count). The Morgan fingerprint density at radius 3 is 2.48 bits per heavy atom. The minimum atomic E-state index is 0.111. The van der Waals surface area contributed by atoms with Crippen molar-refractivity contribution >= 4 is 49.2 Å². The molecule has 0 bridgehead atoms. The maximum atomic E-state index is 13.0. The fourth-order valence-electron chi connectivity index (χ4n) is 4.94. The van der Waals surface area contributed by atoms with Gasteiger partial charge < -0.3 is 9.80 Å². The van der Waals surface area contributed by atoms with E-state index in [4.69, 9.17) is 9.97 Å². The Bertz CT molecular complexity index is 1150. The van der Waals surface area contributed by atoms with E-state index in [2.05, 4.69) is 34.7 Å². The summed E-state index contributed by atoms with van der Waals surface area (Å²) in [6.45, 7) is 7.49. The highest BCUT2D eigenvalue weighted by atomic mass is 79.9. The standard InChI is InChI=1S/C26H31BrN4OS/c1-17(2)16-22-28-24(23-20-6-4-3-5-7-21(20)33-25(23)29-22)30-12-14-31(15-13-30)26(32)18-8-10-19(27)11-9-18/h8-11,17H,3-7,12-16H2,1-2H3. The molecule has 1 saturated heterocycles. The number of benzene rings is 1. The molecule has 0 spiro atoms. The molecule has 0 unspecified atom stereocenters. The van der Waals surface area contributed by atoms with Gasteiger partial charge in [0.25, 0.3) is 5.91 Å². The first-order valence-corrected chi connectivity index (χ1v) is 13.7. The predicted octanol–water partition coefficient (Wildman–Crippen LogP) is 5.88. The van der Waals surface area contributed by atoms with Crippen molar-refractivity contribution in [2.75, 3.05) is 31.1 Å². The van der Waals surface area contributed by atoms with E-state index in [1.54, 1.807) is 0 Å². The summed E-state index contributed by atoms with van der Waals surface area (Å²) in [5, 5.41) is 1.29. The zero-order valence-electron chi connectivity index (χ0n) is 19.4. The predicted molar refractivity (Wildman–Crippen MR) is 139 cm³/mol. The first-order chi connectivity index (χ1) is 16.0. The number of aromatic nitrogens is 2. The zero-order chi connectivity index (χ0) is 22.9. The maximum absolute atomic E-state index is 13.0. The lowest BCUT2D eigenvalue weighted by Crippen LogP contribution is -2.49. The summed E-state index contributed by atoms with van der Waals surface area (Å²) in [7, 11) is 0. The molecule has 174 valence electrons. The van der Waals surface area contributed by atoms with E-state index in [-0.39, 0.29) is 5.91 Å². The average Bonchev–Trinajstić information content (AvgIpc) is 2.99. The molecule has 1 aliphatic carbocycles. The number of thiophene rings is 1. The van der Waals surface area contributed by atoms with E-state index >= 15 is 0 Å². The smallest absolute Gasteiger partial charge is 0.253 e. The molecule has 0 atom stereocenters. The number of halogens is 1. The van der Waals surface area contributed by atoms with Gasteiger partial charge in [0.1, 0.15) is 16.5 Å². The third-order valence-electron chi connectivity index (χ3n) is 6.64. The van der Waals surface area contributed by atoms with Crippen LogP contribution in [0.15, 0.2) is 28.7 Å². The van der Waals surface area contributed by atoms with E-state index in [0.29, 0.717) is 19.0 Å². The van der Waals surface area contributed by atoms with Crippen LogP contribution in [0.3, 0.4) is 0 Å². The Kier molecular flexibility index (Phi) is 6.70. The van der Waals surface area contributed by atoms with Crippen LogP contribution in [-0.2, 0) is 19.3 Å². The fourth-order valence-corrected chi connectivity index (χ4v) is 6.48. The van der Waals surface area contributed by atoms with Crippen molar-refractivity contribution in [2.45, 2.75) is 52.4 Å². The number of rotatable bonds is 4. The molecule has 3 aromatic rings. The Balaban J connectivity index is 1.43. The van der Waals surface area contributed by atoms with Gasteiger partial charge in [0.15, 0.2) is 0 Å². The molecule has 2 aromatic heterocycles. The summed E-state index contributed by atoms with van der Waals surface area (Å²) in [6, 6.07) is 7.65. The molecule has 7 heteroatoms. The third-order valence-corrected chi connectivity index (χ3v) is 8.35.